The maximum absolute atomic E-state index is 13.3. The van der Waals surface area contributed by atoms with Crippen molar-refractivity contribution in [3.63, 3.8) is 0 Å². The third-order valence-electron chi connectivity index (χ3n) is 6.47. The van der Waals surface area contributed by atoms with E-state index in [9.17, 15) is 20.1 Å². The lowest BCUT2D eigenvalue weighted by molar-refractivity contribution is 0.0966. The number of halogens is 1. The van der Waals surface area contributed by atoms with Crippen molar-refractivity contribution >= 4 is 40.0 Å². The lowest BCUT2D eigenvalue weighted by Crippen LogP contribution is -2.35. The molecule has 168 valence electrons. The Kier molecular flexibility index (Phi) is 5.57. The van der Waals surface area contributed by atoms with E-state index in [0.717, 1.165) is 0 Å². The number of hydrogen-bond acceptors (Lipinski definition) is 5. The normalized spacial score (nSPS) is 16.0. The average Bonchev–Trinajstić information content (AvgIpc) is 2.89. The highest BCUT2D eigenvalue weighted by atomic mass is 35.5. The second-order valence-corrected chi connectivity index (χ2v) is 8.79. The summed E-state index contributed by atoms with van der Waals surface area (Å²) in [4.78, 5) is 26.6. The molecule has 4 aromatic rings. The molecule has 1 aliphatic carbocycles. The van der Waals surface area contributed by atoms with Crippen LogP contribution in [0.4, 0.5) is 0 Å². The number of nitrogens with zero attached hydrogens (tertiary/aromatic N) is 2. The largest absolute Gasteiger partial charge is 0.422 e. The predicted molar refractivity (Wildman–Crippen MR) is 134 cm³/mol. The summed E-state index contributed by atoms with van der Waals surface area (Å²) in [7, 11) is 0. The van der Waals surface area contributed by atoms with Crippen molar-refractivity contribution in [1.82, 2.24) is 0 Å². The van der Waals surface area contributed by atoms with Gasteiger partial charge in [0.25, 0.3) is 0 Å². The molecule has 0 bridgehead atoms. The molecular formula is C29H17ClN2O3. The van der Waals surface area contributed by atoms with Gasteiger partial charge in [0.2, 0.25) is 0 Å². The van der Waals surface area contributed by atoms with Crippen molar-refractivity contribution in [2.24, 2.45) is 5.41 Å². The van der Waals surface area contributed by atoms with Crippen LogP contribution in [0.5, 0.6) is 0 Å². The molecular weight excluding hydrogens is 460 g/mol. The van der Waals surface area contributed by atoms with Gasteiger partial charge in [0.05, 0.1) is 17.7 Å². The Morgan fingerprint density at radius 1 is 0.943 bits per heavy atom. The van der Waals surface area contributed by atoms with E-state index in [0.29, 0.717) is 38.3 Å². The first-order valence-electron chi connectivity index (χ1n) is 10.9. The monoisotopic (exact) mass is 476 g/mol. The van der Waals surface area contributed by atoms with Gasteiger partial charge < -0.3 is 4.42 Å². The zero-order valence-corrected chi connectivity index (χ0v) is 19.1. The summed E-state index contributed by atoms with van der Waals surface area (Å²) in [5.74, 6) is -1.32. The van der Waals surface area contributed by atoms with Gasteiger partial charge in [-0.25, -0.2) is 4.79 Å². The molecule has 35 heavy (non-hydrogen) atoms. The number of nitriles is 2. The van der Waals surface area contributed by atoms with Crippen LogP contribution in [0.1, 0.15) is 39.4 Å². The Balaban J connectivity index is 1.83. The first-order chi connectivity index (χ1) is 17.0. The van der Waals surface area contributed by atoms with Crippen LogP contribution in [0.15, 0.2) is 88.1 Å². The quantitative estimate of drug-likeness (QED) is 0.251. The van der Waals surface area contributed by atoms with Crippen molar-refractivity contribution < 1.29 is 9.21 Å². The Bertz CT molecular complexity index is 1620. The SMILES string of the molecule is N#CC1(C#N)C(c2ccc(Cl)cc2)=Cc2c(c(=O)oc3ccccc23)C1CC(=O)c1ccccc1. The molecule has 5 nitrogen and oxygen atoms in total. The smallest absolute Gasteiger partial charge is 0.340 e. The number of hydrogen-bond donors (Lipinski definition) is 0. The molecule has 1 aromatic heterocycles. The number of allylic oxidation sites excluding steroid dienone is 1. The number of carbonyl (C=O) groups excluding carboxylic acids is 1. The summed E-state index contributed by atoms with van der Waals surface area (Å²) in [5.41, 5.74) is 0.0889. The molecule has 1 aliphatic rings. The fourth-order valence-electron chi connectivity index (χ4n) is 4.76. The molecule has 0 aliphatic heterocycles. The summed E-state index contributed by atoms with van der Waals surface area (Å²) in [6.07, 6.45) is 1.49. The summed E-state index contributed by atoms with van der Waals surface area (Å²) >= 11 is 6.09. The number of rotatable bonds is 4. The third-order valence-corrected chi connectivity index (χ3v) is 6.72. The lowest BCUT2D eigenvalue weighted by Gasteiger charge is -2.35. The number of fused-ring (bicyclic) bond motifs is 3. The molecule has 0 amide bonds. The Labute approximate surface area is 206 Å². The van der Waals surface area contributed by atoms with Gasteiger partial charge in [0.1, 0.15) is 5.58 Å². The van der Waals surface area contributed by atoms with Crippen LogP contribution in [0.3, 0.4) is 0 Å². The van der Waals surface area contributed by atoms with E-state index in [4.69, 9.17) is 16.0 Å². The van der Waals surface area contributed by atoms with Crippen LogP contribution in [0, 0.1) is 28.1 Å². The molecule has 3 aromatic carbocycles. The van der Waals surface area contributed by atoms with Crippen molar-refractivity contribution in [2.75, 3.05) is 0 Å². The van der Waals surface area contributed by atoms with Crippen molar-refractivity contribution in [2.45, 2.75) is 12.3 Å². The van der Waals surface area contributed by atoms with Crippen LogP contribution in [0.25, 0.3) is 22.6 Å². The van der Waals surface area contributed by atoms with Crippen LogP contribution in [0.2, 0.25) is 5.02 Å². The van der Waals surface area contributed by atoms with E-state index in [1.807, 2.05) is 12.1 Å². The topological polar surface area (TPSA) is 94.9 Å². The molecule has 0 saturated carbocycles. The molecule has 6 heteroatoms. The Morgan fingerprint density at radius 3 is 2.29 bits per heavy atom. The van der Waals surface area contributed by atoms with Crippen LogP contribution < -0.4 is 5.63 Å². The highest BCUT2D eigenvalue weighted by Crippen LogP contribution is 2.53. The van der Waals surface area contributed by atoms with Gasteiger partial charge in [-0.3, -0.25) is 4.79 Å². The molecule has 1 heterocycles. The average molecular weight is 477 g/mol. The Hall–Kier alpha value is -4.45. The zero-order valence-electron chi connectivity index (χ0n) is 18.4. The van der Waals surface area contributed by atoms with Gasteiger partial charge in [0.15, 0.2) is 11.2 Å². The maximum Gasteiger partial charge on any atom is 0.340 e. The minimum atomic E-state index is -1.80. The molecule has 0 fully saturated rings. The van der Waals surface area contributed by atoms with Crippen molar-refractivity contribution in [3.05, 3.63) is 117 Å². The maximum atomic E-state index is 13.3. The zero-order chi connectivity index (χ0) is 24.6. The molecule has 1 atom stereocenters. The summed E-state index contributed by atoms with van der Waals surface area (Å²) in [6.45, 7) is 0. The van der Waals surface area contributed by atoms with E-state index in [1.54, 1.807) is 72.8 Å². The van der Waals surface area contributed by atoms with E-state index >= 15 is 0 Å². The van der Waals surface area contributed by atoms with E-state index < -0.39 is 17.0 Å². The lowest BCUT2D eigenvalue weighted by atomic mass is 9.61. The van der Waals surface area contributed by atoms with Gasteiger partial charge in [0, 0.05) is 28.3 Å². The number of Topliss-reactive ketones (excluding diaryl/α,β-unsaturated/α-hetero) is 1. The van der Waals surface area contributed by atoms with Crippen molar-refractivity contribution in [1.29, 1.82) is 10.5 Å². The second kappa shape index (κ2) is 8.72. The minimum Gasteiger partial charge on any atom is -0.422 e. The van der Waals surface area contributed by atoms with E-state index in [1.165, 1.54) is 0 Å². The predicted octanol–water partition coefficient (Wildman–Crippen LogP) is 6.39. The Morgan fingerprint density at radius 2 is 1.60 bits per heavy atom. The summed E-state index contributed by atoms with van der Waals surface area (Å²) in [6, 6.07) is 26.8. The fraction of sp³-hybridized carbons (Fsp3) is 0.103. The summed E-state index contributed by atoms with van der Waals surface area (Å²) in [5, 5.41) is 22.0. The fourth-order valence-corrected chi connectivity index (χ4v) is 4.89. The van der Waals surface area contributed by atoms with Gasteiger partial charge in [-0.15, -0.1) is 0 Å². The number of benzene rings is 3. The molecule has 1 unspecified atom stereocenters. The second-order valence-electron chi connectivity index (χ2n) is 8.36. The first kappa shape index (κ1) is 22.3. The first-order valence-corrected chi connectivity index (χ1v) is 11.3. The van der Waals surface area contributed by atoms with Gasteiger partial charge in [-0.05, 0) is 41.0 Å². The number of carbonyl (C=O) groups is 1. The number of ketones is 1. The van der Waals surface area contributed by atoms with Gasteiger partial charge in [-0.2, -0.15) is 10.5 Å². The highest BCUT2D eigenvalue weighted by Gasteiger charge is 2.50. The molecule has 0 N–H and O–H groups in total. The molecule has 0 radical (unpaired) electrons. The van der Waals surface area contributed by atoms with Crippen LogP contribution in [-0.2, 0) is 0 Å². The van der Waals surface area contributed by atoms with Crippen LogP contribution >= 0.6 is 11.6 Å². The molecule has 0 spiro atoms. The standard InChI is InChI=1S/C29H17ClN2O3/c30-20-12-10-18(11-13-20)23-14-22-21-8-4-5-9-26(21)35-28(34)27(22)24(29(23,16-31)17-32)15-25(33)19-6-2-1-3-7-19/h1-14,24H,15H2. The minimum absolute atomic E-state index is 0.161. The molecule has 5 rings (SSSR count). The van der Waals surface area contributed by atoms with Crippen LogP contribution in [-0.4, -0.2) is 5.78 Å². The third kappa shape index (κ3) is 3.64. The van der Waals surface area contributed by atoms with Gasteiger partial charge in [-0.1, -0.05) is 72.3 Å². The molecule has 0 saturated heterocycles. The number of para-hydroxylation sites is 1. The van der Waals surface area contributed by atoms with E-state index in [2.05, 4.69) is 12.1 Å². The highest BCUT2D eigenvalue weighted by molar-refractivity contribution is 6.30. The van der Waals surface area contributed by atoms with E-state index in [-0.39, 0.29) is 17.8 Å². The summed E-state index contributed by atoms with van der Waals surface area (Å²) < 4.78 is 5.58. The van der Waals surface area contributed by atoms with Crippen molar-refractivity contribution in [3.8, 4) is 12.1 Å². The van der Waals surface area contributed by atoms with Gasteiger partial charge >= 0.3 is 5.63 Å².